The minimum atomic E-state index is -0.479. The zero-order valence-corrected chi connectivity index (χ0v) is 10.8. The lowest BCUT2D eigenvalue weighted by atomic mass is 10.1. The highest BCUT2D eigenvalue weighted by molar-refractivity contribution is 9.09. The Labute approximate surface area is 103 Å². The number of carbonyl (C=O) groups is 1. The fraction of sp³-hybridized carbons (Fsp3) is 0.417. The predicted molar refractivity (Wildman–Crippen MR) is 66.3 cm³/mol. The minimum absolute atomic E-state index is 0.105. The predicted octanol–water partition coefficient (Wildman–Crippen LogP) is 2.98. The van der Waals surface area contributed by atoms with Crippen LogP contribution in [0.3, 0.4) is 0 Å². The Bertz CT molecular complexity index is 357. The summed E-state index contributed by atoms with van der Waals surface area (Å²) in [7, 11) is 0. The third kappa shape index (κ3) is 3.93. The van der Waals surface area contributed by atoms with Gasteiger partial charge in [-0.05, 0) is 24.5 Å². The van der Waals surface area contributed by atoms with Crippen LogP contribution in [0.2, 0.25) is 0 Å². The zero-order valence-electron chi connectivity index (χ0n) is 9.17. The van der Waals surface area contributed by atoms with Gasteiger partial charge >= 0.3 is 0 Å². The van der Waals surface area contributed by atoms with Crippen LogP contribution < -0.4 is 5.32 Å². The summed E-state index contributed by atoms with van der Waals surface area (Å²) in [6.45, 7) is 2.61. The molecule has 0 aliphatic heterocycles. The Morgan fingerprint density at radius 1 is 1.50 bits per heavy atom. The van der Waals surface area contributed by atoms with Crippen LogP contribution in [0.1, 0.15) is 23.7 Å². The summed E-state index contributed by atoms with van der Waals surface area (Å²) in [5.41, 5.74) is 0.105. The number of nitrogens with one attached hydrogen (secondary N) is 1. The first-order chi connectivity index (χ1) is 7.65. The van der Waals surface area contributed by atoms with Crippen molar-refractivity contribution in [2.75, 3.05) is 11.9 Å². The average molecular weight is 288 g/mol. The lowest BCUT2D eigenvalue weighted by Gasteiger charge is -2.11. The van der Waals surface area contributed by atoms with Gasteiger partial charge in [0.1, 0.15) is 5.82 Å². The molecule has 2 nitrogen and oxygen atoms in total. The van der Waals surface area contributed by atoms with Crippen LogP contribution in [0.5, 0.6) is 0 Å². The van der Waals surface area contributed by atoms with Gasteiger partial charge in [0.25, 0.3) is 5.91 Å². The average Bonchev–Trinajstić information content (AvgIpc) is 2.27. The summed E-state index contributed by atoms with van der Waals surface area (Å²) in [5.74, 6) is -0.442. The molecule has 0 radical (unpaired) electrons. The first-order valence-corrected chi connectivity index (χ1v) is 6.36. The minimum Gasteiger partial charge on any atom is -0.352 e. The number of halogens is 2. The number of amides is 1. The maximum Gasteiger partial charge on any atom is 0.254 e. The highest BCUT2D eigenvalue weighted by Crippen LogP contribution is 2.07. The molecule has 4 heteroatoms. The van der Waals surface area contributed by atoms with E-state index in [9.17, 15) is 9.18 Å². The van der Waals surface area contributed by atoms with Gasteiger partial charge in [0.2, 0.25) is 0 Å². The molecular weight excluding hydrogens is 273 g/mol. The van der Waals surface area contributed by atoms with Crippen molar-refractivity contribution in [2.45, 2.75) is 13.3 Å². The summed E-state index contributed by atoms with van der Waals surface area (Å²) < 4.78 is 13.2. The quantitative estimate of drug-likeness (QED) is 0.829. The number of rotatable bonds is 5. The van der Waals surface area contributed by atoms with Gasteiger partial charge in [-0.15, -0.1) is 0 Å². The molecule has 0 saturated heterocycles. The smallest absolute Gasteiger partial charge is 0.254 e. The molecule has 1 atom stereocenters. The number of benzene rings is 1. The Balaban J connectivity index is 2.50. The van der Waals surface area contributed by atoms with E-state index < -0.39 is 5.82 Å². The normalized spacial score (nSPS) is 12.2. The SMILES string of the molecule is CC(CCBr)CNC(=O)c1ccccc1F. The van der Waals surface area contributed by atoms with Gasteiger partial charge in [0.15, 0.2) is 0 Å². The summed E-state index contributed by atoms with van der Waals surface area (Å²) in [4.78, 5) is 11.6. The van der Waals surface area contributed by atoms with Crippen molar-refractivity contribution in [3.63, 3.8) is 0 Å². The highest BCUT2D eigenvalue weighted by atomic mass is 79.9. The molecule has 0 heterocycles. The van der Waals surface area contributed by atoms with Crippen molar-refractivity contribution in [2.24, 2.45) is 5.92 Å². The molecular formula is C12H15BrFNO. The van der Waals surface area contributed by atoms with Gasteiger partial charge in [0, 0.05) is 11.9 Å². The first kappa shape index (κ1) is 13.2. The van der Waals surface area contributed by atoms with E-state index in [4.69, 9.17) is 0 Å². The van der Waals surface area contributed by atoms with E-state index in [-0.39, 0.29) is 11.5 Å². The van der Waals surface area contributed by atoms with Gasteiger partial charge in [-0.25, -0.2) is 4.39 Å². The number of hydrogen-bond donors (Lipinski definition) is 1. The van der Waals surface area contributed by atoms with Crippen molar-refractivity contribution in [1.82, 2.24) is 5.32 Å². The van der Waals surface area contributed by atoms with Crippen LogP contribution >= 0.6 is 15.9 Å². The van der Waals surface area contributed by atoms with Gasteiger partial charge < -0.3 is 5.32 Å². The Hall–Kier alpha value is -0.900. The monoisotopic (exact) mass is 287 g/mol. The fourth-order valence-corrected chi connectivity index (χ4v) is 2.08. The maximum atomic E-state index is 13.2. The van der Waals surface area contributed by atoms with Crippen molar-refractivity contribution >= 4 is 21.8 Å². The van der Waals surface area contributed by atoms with Crippen LogP contribution in [-0.2, 0) is 0 Å². The number of alkyl halides is 1. The Morgan fingerprint density at radius 2 is 2.19 bits per heavy atom. The van der Waals surface area contributed by atoms with Crippen LogP contribution in [-0.4, -0.2) is 17.8 Å². The molecule has 88 valence electrons. The Morgan fingerprint density at radius 3 is 2.81 bits per heavy atom. The fourth-order valence-electron chi connectivity index (χ4n) is 1.30. The van der Waals surface area contributed by atoms with Crippen LogP contribution in [0.25, 0.3) is 0 Å². The summed E-state index contributed by atoms with van der Waals surface area (Å²) in [6.07, 6.45) is 0.984. The molecule has 0 aliphatic rings. The third-order valence-corrected chi connectivity index (χ3v) is 2.79. The van der Waals surface area contributed by atoms with Crippen LogP contribution in [0, 0.1) is 11.7 Å². The third-order valence-electron chi connectivity index (χ3n) is 2.33. The van der Waals surface area contributed by atoms with Gasteiger partial charge in [-0.3, -0.25) is 4.79 Å². The Kier molecular flexibility index (Phi) is 5.46. The number of hydrogen-bond acceptors (Lipinski definition) is 1. The van der Waals surface area contributed by atoms with Crippen molar-refractivity contribution < 1.29 is 9.18 Å². The van der Waals surface area contributed by atoms with E-state index in [0.29, 0.717) is 12.5 Å². The molecule has 0 bridgehead atoms. The van der Waals surface area contributed by atoms with Gasteiger partial charge in [-0.1, -0.05) is 35.0 Å². The second-order valence-electron chi connectivity index (χ2n) is 3.77. The molecule has 1 amide bonds. The summed E-state index contributed by atoms with van der Waals surface area (Å²) in [5, 5.41) is 3.63. The van der Waals surface area contributed by atoms with E-state index in [1.54, 1.807) is 12.1 Å². The molecule has 0 spiro atoms. The lowest BCUT2D eigenvalue weighted by molar-refractivity contribution is 0.0944. The summed E-state index contributed by atoms with van der Waals surface area (Å²) >= 11 is 3.34. The molecule has 1 N–H and O–H groups in total. The van der Waals surface area contributed by atoms with Crippen LogP contribution in [0.15, 0.2) is 24.3 Å². The molecule has 1 aromatic carbocycles. The van der Waals surface area contributed by atoms with Crippen molar-refractivity contribution in [3.05, 3.63) is 35.6 Å². The topological polar surface area (TPSA) is 29.1 Å². The van der Waals surface area contributed by atoms with Crippen molar-refractivity contribution in [1.29, 1.82) is 0 Å². The van der Waals surface area contributed by atoms with Gasteiger partial charge in [0.05, 0.1) is 5.56 Å². The lowest BCUT2D eigenvalue weighted by Crippen LogP contribution is -2.29. The van der Waals surface area contributed by atoms with Gasteiger partial charge in [-0.2, -0.15) is 0 Å². The van der Waals surface area contributed by atoms with E-state index in [0.717, 1.165) is 11.8 Å². The molecule has 1 unspecified atom stereocenters. The van der Waals surface area contributed by atoms with Crippen molar-refractivity contribution in [3.8, 4) is 0 Å². The summed E-state index contributed by atoms with van der Waals surface area (Å²) in [6, 6.07) is 6.00. The number of carbonyl (C=O) groups excluding carboxylic acids is 1. The van der Waals surface area contributed by atoms with E-state index in [1.807, 2.05) is 6.92 Å². The standard InChI is InChI=1S/C12H15BrFNO/c1-9(6-7-13)8-15-12(16)10-4-2-3-5-11(10)14/h2-5,9H,6-8H2,1H3,(H,15,16). The molecule has 0 aliphatic carbocycles. The van der Waals surface area contributed by atoms with E-state index in [1.165, 1.54) is 12.1 Å². The molecule has 1 aromatic rings. The maximum absolute atomic E-state index is 13.2. The highest BCUT2D eigenvalue weighted by Gasteiger charge is 2.11. The molecule has 0 fully saturated rings. The largest absolute Gasteiger partial charge is 0.352 e. The molecule has 0 saturated carbocycles. The first-order valence-electron chi connectivity index (χ1n) is 5.24. The molecule has 16 heavy (non-hydrogen) atoms. The molecule has 0 aromatic heterocycles. The van der Waals surface area contributed by atoms with Crippen LogP contribution in [0.4, 0.5) is 4.39 Å². The second-order valence-corrected chi connectivity index (χ2v) is 4.57. The van der Waals surface area contributed by atoms with E-state index in [2.05, 4.69) is 21.2 Å². The van der Waals surface area contributed by atoms with E-state index >= 15 is 0 Å². The zero-order chi connectivity index (χ0) is 12.0. The second kappa shape index (κ2) is 6.63. The molecule has 1 rings (SSSR count).